The average molecular weight is 305 g/mol. The molecule has 2 aromatic heterocycles. The minimum atomic E-state index is 0.185. The van der Waals surface area contributed by atoms with Crippen molar-refractivity contribution < 1.29 is 9.32 Å². The average Bonchev–Trinajstić information content (AvgIpc) is 3.25. The van der Waals surface area contributed by atoms with Gasteiger partial charge in [0.1, 0.15) is 0 Å². The van der Waals surface area contributed by atoms with Crippen LogP contribution in [0.3, 0.4) is 0 Å². The number of aromatic nitrogens is 2. The molecule has 0 bridgehead atoms. The molecule has 0 N–H and O–H groups in total. The van der Waals surface area contributed by atoms with Crippen LogP contribution in [0.15, 0.2) is 22.0 Å². The summed E-state index contributed by atoms with van der Waals surface area (Å²) in [7, 11) is 0. The number of carbonyl (C=O) groups is 1. The van der Waals surface area contributed by atoms with Gasteiger partial charge < -0.3 is 9.42 Å². The molecule has 0 radical (unpaired) electrons. The normalized spacial score (nSPS) is 15.5. The maximum Gasteiger partial charge on any atom is 0.246 e. The van der Waals surface area contributed by atoms with E-state index in [1.165, 1.54) is 0 Å². The maximum atomic E-state index is 12.5. The predicted octanol–water partition coefficient (Wildman–Crippen LogP) is 3.34. The fraction of sp³-hybridized carbons (Fsp3) is 0.533. The second-order valence-corrected chi connectivity index (χ2v) is 6.27. The molecule has 0 atom stereocenters. The molecule has 6 heteroatoms. The van der Waals surface area contributed by atoms with Gasteiger partial charge in [-0.1, -0.05) is 24.1 Å². The first-order valence-corrected chi connectivity index (χ1v) is 8.31. The van der Waals surface area contributed by atoms with E-state index in [2.05, 4.69) is 10.1 Å². The minimum Gasteiger partial charge on any atom is -0.337 e. The van der Waals surface area contributed by atoms with Crippen LogP contribution in [0.1, 0.15) is 38.5 Å². The van der Waals surface area contributed by atoms with E-state index in [0.29, 0.717) is 24.8 Å². The number of rotatable bonds is 5. The van der Waals surface area contributed by atoms with Crippen molar-refractivity contribution >= 4 is 17.2 Å². The van der Waals surface area contributed by atoms with Gasteiger partial charge in [-0.3, -0.25) is 4.79 Å². The Bertz CT molecular complexity index is 588. The zero-order valence-electron chi connectivity index (χ0n) is 12.1. The minimum absolute atomic E-state index is 0.185. The summed E-state index contributed by atoms with van der Waals surface area (Å²) in [6.45, 7) is 3.07. The first-order chi connectivity index (χ1) is 10.3. The maximum absolute atomic E-state index is 12.5. The fourth-order valence-corrected chi connectivity index (χ4v) is 3.41. The molecule has 1 aliphatic rings. The molecule has 2 heterocycles. The molecule has 3 rings (SSSR count). The Balaban J connectivity index is 1.68. The summed E-state index contributed by atoms with van der Waals surface area (Å²) in [5.74, 6) is 1.52. The van der Waals surface area contributed by atoms with Crippen molar-refractivity contribution in [1.82, 2.24) is 15.0 Å². The van der Waals surface area contributed by atoms with Crippen molar-refractivity contribution in [3.05, 3.63) is 23.4 Å². The summed E-state index contributed by atoms with van der Waals surface area (Å²) in [6.07, 6.45) is 4.35. The Hall–Kier alpha value is -1.69. The van der Waals surface area contributed by atoms with Gasteiger partial charge >= 0.3 is 0 Å². The molecular weight excluding hydrogens is 286 g/mol. The van der Waals surface area contributed by atoms with Gasteiger partial charge in [0, 0.05) is 12.5 Å². The largest absolute Gasteiger partial charge is 0.337 e. The Kier molecular flexibility index (Phi) is 4.34. The van der Waals surface area contributed by atoms with E-state index in [-0.39, 0.29) is 11.8 Å². The van der Waals surface area contributed by atoms with Crippen LogP contribution in [0.5, 0.6) is 0 Å². The highest BCUT2D eigenvalue weighted by molar-refractivity contribution is 7.13. The van der Waals surface area contributed by atoms with Crippen molar-refractivity contribution in [2.75, 3.05) is 6.54 Å². The smallest absolute Gasteiger partial charge is 0.246 e. The summed E-state index contributed by atoms with van der Waals surface area (Å²) >= 11 is 1.58. The first kappa shape index (κ1) is 14.3. The standard InChI is InChI=1S/C15H19N3O2S/c1-2-18(15(19)11-6-3-4-7-11)10-13-16-14(17-20-13)12-8-5-9-21-12/h5,8-9,11H,2-4,6-7,10H2,1H3. The summed E-state index contributed by atoms with van der Waals surface area (Å²) in [4.78, 5) is 19.6. The summed E-state index contributed by atoms with van der Waals surface area (Å²) in [5.41, 5.74) is 0. The second kappa shape index (κ2) is 6.39. The number of hydrogen-bond acceptors (Lipinski definition) is 5. The van der Waals surface area contributed by atoms with Crippen molar-refractivity contribution in [3.8, 4) is 10.7 Å². The van der Waals surface area contributed by atoms with Gasteiger partial charge in [-0.05, 0) is 31.2 Å². The molecule has 1 aliphatic carbocycles. The van der Waals surface area contributed by atoms with Gasteiger partial charge in [0.25, 0.3) is 0 Å². The number of carbonyl (C=O) groups excluding carboxylic acids is 1. The van der Waals surface area contributed by atoms with Crippen molar-refractivity contribution in [3.63, 3.8) is 0 Å². The highest BCUT2D eigenvalue weighted by Gasteiger charge is 2.27. The van der Waals surface area contributed by atoms with Crippen molar-refractivity contribution in [2.45, 2.75) is 39.2 Å². The van der Waals surface area contributed by atoms with Crippen molar-refractivity contribution in [2.24, 2.45) is 5.92 Å². The summed E-state index contributed by atoms with van der Waals surface area (Å²) in [5, 5.41) is 5.97. The fourth-order valence-electron chi connectivity index (χ4n) is 2.76. The van der Waals surface area contributed by atoms with Gasteiger partial charge in [0.15, 0.2) is 0 Å². The zero-order chi connectivity index (χ0) is 14.7. The summed E-state index contributed by atoms with van der Waals surface area (Å²) in [6, 6.07) is 3.92. The Morgan fingerprint density at radius 1 is 1.48 bits per heavy atom. The Morgan fingerprint density at radius 2 is 2.29 bits per heavy atom. The third-order valence-electron chi connectivity index (χ3n) is 3.93. The van der Waals surface area contributed by atoms with E-state index in [1.54, 1.807) is 11.3 Å². The number of thiophene rings is 1. The molecule has 0 unspecified atom stereocenters. The second-order valence-electron chi connectivity index (χ2n) is 5.32. The van der Waals surface area contributed by atoms with E-state index in [4.69, 9.17) is 4.52 Å². The summed E-state index contributed by atoms with van der Waals surface area (Å²) < 4.78 is 5.29. The molecule has 2 aromatic rings. The lowest BCUT2D eigenvalue weighted by atomic mass is 10.1. The molecule has 0 aromatic carbocycles. The van der Waals surface area contributed by atoms with Crippen LogP contribution in [0, 0.1) is 5.92 Å². The molecule has 1 fully saturated rings. The predicted molar refractivity (Wildman–Crippen MR) is 80.7 cm³/mol. The quantitative estimate of drug-likeness (QED) is 0.850. The SMILES string of the molecule is CCN(Cc1nc(-c2cccs2)no1)C(=O)C1CCCC1. The van der Waals surface area contributed by atoms with Gasteiger partial charge in [0.05, 0.1) is 11.4 Å². The van der Waals surface area contributed by atoms with Gasteiger partial charge in [0.2, 0.25) is 17.6 Å². The van der Waals surface area contributed by atoms with Gasteiger partial charge in [-0.25, -0.2) is 0 Å². The Morgan fingerprint density at radius 3 is 2.95 bits per heavy atom. The lowest BCUT2D eigenvalue weighted by Gasteiger charge is -2.22. The molecule has 0 saturated heterocycles. The van der Waals surface area contributed by atoms with Gasteiger partial charge in [-0.2, -0.15) is 4.98 Å². The van der Waals surface area contributed by atoms with Crippen LogP contribution < -0.4 is 0 Å². The van der Waals surface area contributed by atoms with Crippen LogP contribution in [0.25, 0.3) is 10.7 Å². The van der Waals surface area contributed by atoms with Crippen molar-refractivity contribution in [1.29, 1.82) is 0 Å². The highest BCUT2D eigenvalue weighted by atomic mass is 32.1. The molecule has 1 saturated carbocycles. The lowest BCUT2D eigenvalue weighted by Crippen LogP contribution is -2.34. The topological polar surface area (TPSA) is 59.2 Å². The lowest BCUT2D eigenvalue weighted by molar-refractivity contribution is -0.136. The van der Waals surface area contributed by atoms with Crippen LogP contribution in [0.2, 0.25) is 0 Å². The van der Waals surface area contributed by atoms with E-state index < -0.39 is 0 Å². The third kappa shape index (κ3) is 3.15. The number of hydrogen-bond donors (Lipinski definition) is 0. The van der Waals surface area contributed by atoms with E-state index in [9.17, 15) is 4.79 Å². The van der Waals surface area contributed by atoms with Crippen LogP contribution in [-0.4, -0.2) is 27.5 Å². The molecule has 0 spiro atoms. The van der Waals surface area contributed by atoms with E-state index >= 15 is 0 Å². The van der Waals surface area contributed by atoms with Crippen LogP contribution in [-0.2, 0) is 11.3 Å². The number of amides is 1. The van der Waals surface area contributed by atoms with Crippen LogP contribution in [0.4, 0.5) is 0 Å². The van der Waals surface area contributed by atoms with E-state index in [0.717, 1.165) is 30.6 Å². The monoisotopic (exact) mass is 305 g/mol. The van der Waals surface area contributed by atoms with Crippen LogP contribution >= 0.6 is 11.3 Å². The first-order valence-electron chi connectivity index (χ1n) is 7.43. The Labute approximate surface area is 128 Å². The molecule has 1 amide bonds. The highest BCUT2D eigenvalue weighted by Crippen LogP contribution is 2.27. The third-order valence-corrected chi connectivity index (χ3v) is 4.80. The zero-order valence-corrected chi connectivity index (χ0v) is 12.9. The molecule has 5 nitrogen and oxygen atoms in total. The number of nitrogens with zero attached hydrogens (tertiary/aromatic N) is 3. The van der Waals surface area contributed by atoms with E-state index in [1.807, 2.05) is 29.3 Å². The molecular formula is C15H19N3O2S. The molecule has 112 valence electrons. The molecule has 21 heavy (non-hydrogen) atoms. The van der Waals surface area contributed by atoms with Gasteiger partial charge in [-0.15, -0.1) is 11.3 Å². The molecule has 0 aliphatic heterocycles.